The Morgan fingerprint density at radius 2 is 0.677 bits per heavy atom. The van der Waals surface area contributed by atoms with E-state index in [1.54, 1.807) is 54.6 Å². The second-order valence-corrected chi connectivity index (χ2v) is 13.3. The molecule has 0 aromatic heterocycles. The quantitative estimate of drug-likeness (QED) is 0.272. The fraction of sp³-hybridized carbons (Fsp3) is 0.143. The third-order valence-electron chi connectivity index (χ3n) is 4.30. The summed E-state index contributed by atoms with van der Waals surface area (Å²) in [5.41, 5.74) is 3.51. The Morgan fingerprint density at radius 1 is 0.419 bits per heavy atom. The van der Waals surface area contributed by atoms with Gasteiger partial charge in [-0.15, -0.1) is 0 Å². The van der Waals surface area contributed by atoms with E-state index in [-0.39, 0.29) is 0 Å². The van der Waals surface area contributed by atoms with E-state index in [1.165, 1.54) is 0 Å². The van der Waals surface area contributed by atoms with Gasteiger partial charge in [-0.1, -0.05) is 141 Å². The molecule has 0 radical (unpaired) electrons. The zero-order chi connectivity index (χ0) is 23.0. The first-order valence-electron chi connectivity index (χ1n) is 8.59. The molecule has 0 aliphatic carbocycles. The summed E-state index contributed by atoms with van der Waals surface area (Å²) in [6.45, 7) is 0. The van der Waals surface area contributed by atoms with Crippen LogP contribution in [0.25, 0.3) is 0 Å². The van der Waals surface area contributed by atoms with Gasteiger partial charge in [0, 0.05) is 33.8 Å². The maximum Gasteiger partial charge on any atom is 0.216 e. The van der Waals surface area contributed by atoms with Gasteiger partial charge in [0.1, 0.15) is 0 Å². The zero-order valence-electron chi connectivity index (χ0n) is 15.3. The molecule has 0 unspecified atom stereocenters. The zero-order valence-corrected chi connectivity index (χ0v) is 22.1. The average molecular weight is 597 g/mol. The largest absolute Gasteiger partial charge is 0.310 e. The highest BCUT2D eigenvalue weighted by Crippen LogP contribution is 2.45. The first-order chi connectivity index (χ1) is 14.3. The van der Waals surface area contributed by atoms with Crippen LogP contribution in [0.3, 0.4) is 0 Å². The van der Waals surface area contributed by atoms with Gasteiger partial charge in [0.05, 0.1) is 0 Å². The molecule has 0 saturated carbocycles. The van der Waals surface area contributed by atoms with Crippen LogP contribution < -0.4 is 4.90 Å². The minimum absolute atomic E-state index is 0.482. The van der Waals surface area contributed by atoms with Gasteiger partial charge in [-0.3, -0.25) is 0 Å². The van der Waals surface area contributed by atoms with Crippen molar-refractivity contribution >= 4 is 121 Å². The first kappa shape index (κ1) is 25.7. The van der Waals surface area contributed by atoms with Crippen LogP contribution in [-0.4, -0.2) is 0 Å². The predicted molar refractivity (Wildman–Crippen MR) is 139 cm³/mol. The molecule has 1 nitrogen and oxygen atoms in total. The lowest BCUT2D eigenvalue weighted by Crippen LogP contribution is -2.13. The van der Waals surface area contributed by atoms with E-state index in [4.69, 9.17) is 104 Å². The fourth-order valence-electron chi connectivity index (χ4n) is 2.91. The smallest absolute Gasteiger partial charge is 0.216 e. The van der Waals surface area contributed by atoms with Crippen LogP contribution in [0, 0.1) is 0 Å². The van der Waals surface area contributed by atoms with Crippen molar-refractivity contribution in [3.8, 4) is 0 Å². The number of nitrogens with zero attached hydrogens (tertiary/aromatic N) is 1. The van der Waals surface area contributed by atoms with E-state index in [9.17, 15) is 0 Å². The van der Waals surface area contributed by atoms with Crippen molar-refractivity contribution in [3.63, 3.8) is 0 Å². The van der Waals surface area contributed by atoms with Crippen LogP contribution in [-0.2, 0) is 11.4 Å². The number of hydrogen-bond acceptors (Lipinski definition) is 1. The standard InChI is InChI=1S/C21H12Cl9N/c22-19(23,24)13-4-1-7-16(10-13)31(17-8-2-5-14(11-17)20(25,26)27)18-9-3-6-15(12-18)21(28,29)30/h1-12H. The van der Waals surface area contributed by atoms with Gasteiger partial charge in [0.2, 0.25) is 11.4 Å². The molecule has 10 heteroatoms. The van der Waals surface area contributed by atoms with Crippen molar-refractivity contribution in [1.29, 1.82) is 0 Å². The number of halogens is 9. The molecule has 0 spiro atoms. The molecule has 3 rings (SSSR count). The van der Waals surface area contributed by atoms with E-state index in [0.29, 0.717) is 33.8 Å². The van der Waals surface area contributed by atoms with Crippen LogP contribution in [0.1, 0.15) is 16.7 Å². The van der Waals surface area contributed by atoms with Gasteiger partial charge < -0.3 is 4.90 Å². The SMILES string of the molecule is ClC(Cl)(Cl)c1cccc(N(c2cccc(C(Cl)(Cl)Cl)c2)c2cccc(C(Cl)(Cl)Cl)c2)c1. The lowest BCUT2D eigenvalue weighted by Gasteiger charge is -2.28. The number of rotatable bonds is 3. The summed E-state index contributed by atoms with van der Waals surface area (Å²) < 4.78 is -4.83. The molecule has 3 aromatic rings. The second-order valence-electron chi connectivity index (χ2n) is 6.48. The number of alkyl halides is 9. The van der Waals surface area contributed by atoms with E-state index < -0.39 is 11.4 Å². The van der Waals surface area contributed by atoms with E-state index in [0.717, 1.165) is 0 Å². The lowest BCUT2D eigenvalue weighted by atomic mass is 10.1. The molecular weight excluding hydrogens is 585 g/mol. The van der Waals surface area contributed by atoms with Crippen molar-refractivity contribution in [1.82, 2.24) is 0 Å². The molecule has 3 aromatic carbocycles. The Bertz CT molecular complexity index is 928. The third-order valence-corrected chi connectivity index (χ3v) is 6.26. The van der Waals surface area contributed by atoms with Gasteiger partial charge in [-0.2, -0.15) is 0 Å². The minimum Gasteiger partial charge on any atom is -0.310 e. The predicted octanol–water partition coefficient (Wildman–Crippen LogP) is 10.6. The van der Waals surface area contributed by atoms with Crippen molar-refractivity contribution < 1.29 is 0 Å². The normalized spacial score (nSPS) is 12.7. The summed E-state index contributed by atoms with van der Waals surface area (Å²) >= 11 is 54.9. The Kier molecular flexibility index (Phi) is 8.07. The van der Waals surface area contributed by atoms with E-state index in [2.05, 4.69) is 0 Å². The third kappa shape index (κ3) is 6.57. The summed E-state index contributed by atoms with van der Waals surface area (Å²) in [6.07, 6.45) is 0. The van der Waals surface area contributed by atoms with Gasteiger partial charge in [-0.25, -0.2) is 0 Å². The first-order valence-corrected chi connectivity index (χ1v) is 12.0. The highest BCUT2D eigenvalue weighted by Gasteiger charge is 2.28. The molecule has 0 atom stereocenters. The molecule has 0 saturated heterocycles. The topological polar surface area (TPSA) is 3.24 Å². The van der Waals surface area contributed by atoms with Crippen LogP contribution in [0.5, 0.6) is 0 Å². The molecule has 164 valence electrons. The number of hydrogen-bond donors (Lipinski definition) is 0. The fourth-order valence-corrected chi connectivity index (χ4v) is 3.97. The lowest BCUT2D eigenvalue weighted by molar-refractivity contribution is 1.18. The highest BCUT2D eigenvalue weighted by atomic mass is 35.6. The number of benzene rings is 3. The van der Waals surface area contributed by atoms with Gasteiger partial charge >= 0.3 is 0 Å². The molecule has 31 heavy (non-hydrogen) atoms. The van der Waals surface area contributed by atoms with Crippen molar-refractivity contribution in [2.45, 2.75) is 11.4 Å². The Balaban J connectivity index is 2.24. The Morgan fingerprint density at radius 3 is 0.903 bits per heavy atom. The van der Waals surface area contributed by atoms with E-state index in [1.807, 2.05) is 23.1 Å². The summed E-state index contributed by atoms with van der Waals surface area (Å²) in [5.74, 6) is 0. The van der Waals surface area contributed by atoms with Crippen molar-refractivity contribution in [3.05, 3.63) is 89.5 Å². The Hall–Kier alpha value is 0.0700. The van der Waals surface area contributed by atoms with Crippen LogP contribution in [0.2, 0.25) is 0 Å². The monoisotopic (exact) mass is 593 g/mol. The minimum atomic E-state index is -1.61. The molecule has 0 amide bonds. The van der Waals surface area contributed by atoms with Crippen molar-refractivity contribution in [2.24, 2.45) is 0 Å². The van der Waals surface area contributed by atoms with E-state index >= 15 is 0 Å². The number of anilines is 3. The van der Waals surface area contributed by atoms with Crippen molar-refractivity contribution in [2.75, 3.05) is 4.90 Å². The molecule has 0 heterocycles. The molecule has 0 N–H and O–H groups in total. The van der Waals surface area contributed by atoms with Gasteiger partial charge in [0.15, 0.2) is 0 Å². The van der Waals surface area contributed by atoms with Gasteiger partial charge in [0.25, 0.3) is 0 Å². The summed E-state index contributed by atoms with van der Waals surface area (Å²) in [7, 11) is 0. The highest BCUT2D eigenvalue weighted by molar-refractivity contribution is 6.67. The Labute approximate surface area is 225 Å². The van der Waals surface area contributed by atoms with Crippen LogP contribution >= 0.6 is 104 Å². The van der Waals surface area contributed by atoms with Crippen LogP contribution in [0.4, 0.5) is 17.1 Å². The summed E-state index contributed by atoms with van der Waals surface area (Å²) in [6, 6.07) is 21.3. The summed E-state index contributed by atoms with van der Waals surface area (Å²) in [5, 5.41) is 0. The average Bonchev–Trinajstić information content (AvgIpc) is 2.67. The molecule has 0 bridgehead atoms. The maximum atomic E-state index is 6.11. The molecule has 0 aliphatic rings. The molecule has 0 fully saturated rings. The molecule has 0 aliphatic heterocycles. The summed E-state index contributed by atoms with van der Waals surface area (Å²) in [4.78, 5) is 1.87. The maximum absolute atomic E-state index is 6.11. The van der Waals surface area contributed by atoms with Gasteiger partial charge in [-0.05, 0) is 36.4 Å². The van der Waals surface area contributed by atoms with Crippen LogP contribution in [0.15, 0.2) is 72.8 Å². The second kappa shape index (κ2) is 9.74. The molecular formula is C21H12Cl9N.